The molecule has 0 aliphatic carbocycles. The number of alkyl halides is 1. The molecule has 0 radical (unpaired) electrons. The Labute approximate surface area is 117 Å². The number of rotatable bonds is 3. The van der Waals surface area contributed by atoms with Gasteiger partial charge in [0, 0.05) is 37.7 Å². The predicted octanol–water partition coefficient (Wildman–Crippen LogP) is 1.65. The van der Waals surface area contributed by atoms with Gasteiger partial charge in [-0.2, -0.15) is 4.31 Å². The number of anilines is 1. The molecule has 0 saturated carbocycles. The summed E-state index contributed by atoms with van der Waals surface area (Å²) in [6.45, 7) is 2.06. The highest BCUT2D eigenvalue weighted by molar-refractivity contribution is 7.88. The van der Waals surface area contributed by atoms with E-state index in [4.69, 9.17) is 11.6 Å². The second-order valence-corrected chi connectivity index (χ2v) is 6.81. The van der Waals surface area contributed by atoms with Crippen molar-refractivity contribution in [3.05, 3.63) is 29.6 Å². The maximum Gasteiger partial charge on any atom is 0.211 e. The fraction of sp³-hybridized carbons (Fsp3) is 0.500. The van der Waals surface area contributed by atoms with Crippen molar-refractivity contribution in [3.63, 3.8) is 0 Å². The summed E-state index contributed by atoms with van der Waals surface area (Å²) in [5.41, 5.74) is 1.61. The van der Waals surface area contributed by atoms with E-state index in [9.17, 15) is 12.8 Å². The fourth-order valence-corrected chi connectivity index (χ4v) is 3.27. The molecule has 1 heterocycles. The van der Waals surface area contributed by atoms with E-state index in [1.165, 1.54) is 22.7 Å². The third kappa shape index (κ3) is 3.38. The van der Waals surface area contributed by atoms with Gasteiger partial charge in [-0.3, -0.25) is 0 Å². The summed E-state index contributed by atoms with van der Waals surface area (Å²) in [6.07, 6.45) is 1.21. The van der Waals surface area contributed by atoms with Gasteiger partial charge in [0.05, 0.1) is 6.26 Å². The zero-order valence-electron chi connectivity index (χ0n) is 10.6. The van der Waals surface area contributed by atoms with E-state index >= 15 is 0 Å². The molecule has 1 saturated heterocycles. The van der Waals surface area contributed by atoms with Crippen LogP contribution < -0.4 is 4.90 Å². The molecule has 106 valence electrons. The zero-order valence-corrected chi connectivity index (χ0v) is 12.2. The molecule has 1 aromatic rings. The van der Waals surface area contributed by atoms with E-state index < -0.39 is 10.0 Å². The van der Waals surface area contributed by atoms with E-state index in [1.807, 2.05) is 4.90 Å². The first-order valence-electron chi connectivity index (χ1n) is 5.96. The van der Waals surface area contributed by atoms with E-state index in [0.717, 1.165) is 11.3 Å². The van der Waals surface area contributed by atoms with E-state index in [1.54, 1.807) is 6.07 Å². The first-order chi connectivity index (χ1) is 8.91. The lowest BCUT2D eigenvalue weighted by atomic mass is 10.1. The van der Waals surface area contributed by atoms with Crippen molar-refractivity contribution >= 4 is 27.3 Å². The molecule has 1 aliphatic rings. The van der Waals surface area contributed by atoms with E-state index in [-0.39, 0.29) is 11.7 Å². The highest BCUT2D eigenvalue weighted by Gasteiger charge is 2.24. The molecule has 0 spiro atoms. The van der Waals surface area contributed by atoms with Gasteiger partial charge in [-0.1, -0.05) is 0 Å². The third-order valence-corrected chi connectivity index (χ3v) is 4.82. The van der Waals surface area contributed by atoms with Crippen LogP contribution in [0.2, 0.25) is 0 Å². The molecule has 2 rings (SSSR count). The number of halogens is 2. The number of hydrogen-bond donors (Lipinski definition) is 0. The van der Waals surface area contributed by atoms with Gasteiger partial charge in [0.15, 0.2) is 0 Å². The molecular weight excluding hydrogens is 291 g/mol. The number of sulfonamides is 1. The van der Waals surface area contributed by atoms with Gasteiger partial charge in [-0.25, -0.2) is 12.8 Å². The van der Waals surface area contributed by atoms with Gasteiger partial charge < -0.3 is 4.90 Å². The van der Waals surface area contributed by atoms with Crippen LogP contribution in [0.15, 0.2) is 18.2 Å². The summed E-state index contributed by atoms with van der Waals surface area (Å²) in [7, 11) is -3.13. The van der Waals surface area contributed by atoms with Crippen molar-refractivity contribution in [1.29, 1.82) is 0 Å². The molecule has 1 fully saturated rings. The number of benzene rings is 1. The highest BCUT2D eigenvalue weighted by atomic mass is 35.5. The van der Waals surface area contributed by atoms with E-state index in [2.05, 4.69) is 0 Å². The normalized spacial score (nSPS) is 17.7. The first-order valence-corrected chi connectivity index (χ1v) is 8.34. The summed E-state index contributed by atoms with van der Waals surface area (Å²) in [5, 5.41) is 0. The number of piperazine rings is 1. The largest absolute Gasteiger partial charge is 0.369 e. The van der Waals surface area contributed by atoms with Crippen LogP contribution in [0.1, 0.15) is 5.56 Å². The SMILES string of the molecule is CS(=O)(=O)N1CCN(c2ccc(F)cc2CCl)CC1. The van der Waals surface area contributed by atoms with Gasteiger partial charge in [-0.05, 0) is 23.8 Å². The Morgan fingerprint density at radius 1 is 1.26 bits per heavy atom. The summed E-state index contributed by atoms with van der Waals surface area (Å²) >= 11 is 5.82. The lowest BCUT2D eigenvalue weighted by Gasteiger charge is -2.35. The Balaban J connectivity index is 2.14. The van der Waals surface area contributed by atoms with E-state index in [0.29, 0.717) is 26.2 Å². The van der Waals surface area contributed by atoms with Crippen molar-refractivity contribution in [1.82, 2.24) is 4.31 Å². The molecule has 0 atom stereocenters. The fourth-order valence-electron chi connectivity index (χ4n) is 2.23. The maximum absolute atomic E-state index is 13.2. The average Bonchev–Trinajstić information content (AvgIpc) is 2.37. The number of nitrogens with zero attached hydrogens (tertiary/aromatic N) is 2. The van der Waals surface area contributed by atoms with Crippen LogP contribution in [0.3, 0.4) is 0 Å². The van der Waals surface area contributed by atoms with Crippen LogP contribution in [0.4, 0.5) is 10.1 Å². The van der Waals surface area contributed by atoms with Crippen LogP contribution in [0.5, 0.6) is 0 Å². The van der Waals surface area contributed by atoms with Crippen molar-refractivity contribution in [3.8, 4) is 0 Å². The Hall–Kier alpha value is -0.850. The van der Waals surface area contributed by atoms with Gasteiger partial charge in [0.25, 0.3) is 0 Å². The Kier molecular flexibility index (Phi) is 4.32. The summed E-state index contributed by atoms with van der Waals surface area (Å²) in [6, 6.07) is 4.52. The molecule has 4 nitrogen and oxygen atoms in total. The lowest BCUT2D eigenvalue weighted by molar-refractivity contribution is 0.388. The molecule has 0 unspecified atom stereocenters. The van der Waals surface area contributed by atoms with Gasteiger partial charge >= 0.3 is 0 Å². The molecule has 0 aromatic heterocycles. The maximum atomic E-state index is 13.2. The van der Waals surface area contributed by atoms with Crippen molar-refractivity contribution in [2.45, 2.75) is 5.88 Å². The quantitative estimate of drug-likeness (QED) is 0.797. The van der Waals surface area contributed by atoms with Crippen molar-refractivity contribution in [2.75, 3.05) is 37.3 Å². The summed E-state index contributed by atoms with van der Waals surface area (Å²) in [4.78, 5) is 2.04. The van der Waals surface area contributed by atoms with Crippen LogP contribution in [0.25, 0.3) is 0 Å². The van der Waals surface area contributed by atoms with Gasteiger partial charge in [0.2, 0.25) is 10.0 Å². The summed E-state index contributed by atoms with van der Waals surface area (Å²) < 4.78 is 37.5. The van der Waals surface area contributed by atoms with Crippen molar-refractivity contribution < 1.29 is 12.8 Å². The average molecular weight is 307 g/mol. The lowest BCUT2D eigenvalue weighted by Crippen LogP contribution is -2.48. The standard InChI is InChI=1S/C12H16ClFN2O2S/c1-19(17,18)16-6-4-15(5-7-16)12-3-2-11(14)8-10(12)9-13/h2-3,8H,4-7,9H2,1H3. The topological polar surface area (TPSA) is 40.6 Å². The Bertz CT molecular complexity index is 557. The van der Waals surface area contributed by atoms with Crippen LogP contribution in [0, 0.1) is 5.82 Å². The molecule has 1 aromatic carbocycles. The molecule has 0 N–H and O–H groups in total. The molecule has 1 aliphatic heterocycles. The minimum Gasteiger partial charge on any atom is -0.369 e. The number of hydrogen-bond acceptors (Lipinski definition) is 3. The molecule has 0 bridgehead atoms. The highest BCUT2D eigenvalue weighted by Crippen LogP contribution is 2.24. The molecule has 19 heavy (non-hydrogen) atoms. The first kappa shape index (κ1) is 14.6. The summed E-state index contributed by atoms with van der Waals surface area (Å²) in [5.74, 6) is -0.0755. The molecule has 0 amide bonds. The third-order valence-electron chi connectivity index (χ3n) is 3.23. The smallest absolute Gasteiger partial charge is 0.211 e. The van der Waals surface area contributed by atoms with Crippen LogP contribution >= 0.6 is 11.6 Å². The van der Waals surface area contributed by atoms with Crippen LogP contribution in [-0.4, -0.2) is 45.2 Å². The zero-order chi connectivity index (χ0) is 14.0. The second kappa shape index (κ2) is 5.64. The van der Waals surface area contributed by atoms with Gasteiger partial charge in [-0.15, -0.1) is 11.6 Å². The molecule has 7 heteroatoms. The van der Waals surface area contributed by atoms with Gasteiger partial charge in [0.1, 0.15) is 5.82 Å². The predicted molar refractivity (Wildman–Crippen MR) is 74.6 cm³/mol. The Morgan fingerprint density at radius 3 is 2.42 bits per heavy atom. The van der Waals surface area contributed by atoms with Crippen molar-refractivity contribution in [2.24, 2.45) is 0 Å². The second-order valence-electron chi connectivity index (χ2n) is 4.56. The molecular formula is C12H16ClFN2O2S. The minimum atomic E-state index is -3.13. The monoisotopic (exact) mass is 306 g/mol. The Morgan fingerprint density at radius 2 is 1.89 bits per heavy atom. The van der Waals surface area contributed by atoms with Crippen LogP contribution in [-0.2, 0) is 15.9 Å². The minimum absolute atomic E-state index is 0.236.